The van der Waals surface area contributed by atoms with Gasteiger partial charge in [0.2, 0.25) is 0 Å². The summed E-state index contributed by atoms with van der Waals surface area (Å²) in [7, 11) is -1.23. The van der Waals surface area contributed by atoms with Gasteiger partial charge >= 0.3 is 0 Å². The normalized spacial score (nSPS) is 11.6. The van der Waals surface area contributed by atoms with E-state index in [1.165, 1.54) is 12.1 Å². The van der Waals surface area contributed by atoms with E-state index in [1.807, 2.05) is 0 Å². The van der Waals surface area contributed by atoms with E-state index in [2.05, 4.69) is 31.7 Å². The summed E-state index contributed by atoms with van der Waals surface area (Å²) in [6.07, 6.45) is 5.42. The topological polar surface area (TPSA) is 0 Å². The molecule has 0 aliphatic rings. The SMILES string of the molecule is C#C[Si](C)(C)CC[Si](C)C. The van der Waals surface area contributed by atoms with E-state index in [0.29, 0.717) is 0 Å². The minimum absolute atomic E-state index is 0.0382. The predicted octanol–water partition coefficient (Wildman–Crippen LogP) is 2.62. The highest BCUT2D eigenvalue weighted by Crippen LogP contribution is 2.12. The monoisotopic (exact) mass is 169 g/mol. The van der Waals surface area contributed by atoms with Crippen molar-refractivity contribution in [2.45, 2.75) is 38.3 Å². The Kier molecular flexibility index (Phi) is 3.99. The van der Waals surface area contributed by atoms with Gasteiger partial charge in [-0.15, -0.1) is 12.0 Å². The van der Waals surface area contributed by atoms with Crippen molar-refractivity contribution in [3.8, 4) is 12.0 Å². The van der Waals surface area contributed by atoms with E-state index in [0.717, 1.165) is 0 Å². The van der Waals surface area contributed by atoms with Gasteiger partial charge < -0.3 is 0 Å². The van der Waals surface area contributed by atoms with Gasteiger partial charge in [0.1, 0.15) is 8.07 Å². The molecular formula is C8H17Si2. The van der Waals surface area contributed by atoms with Crippen LogP contribution in [0.15, 0.2) is 0 Å². The van der Waals surface area contributed by atoms with Crippen molar-refractivity contribution in [2.75, 3.05) is 0 Å². The summed E-state index contributed by atoms with van der Waals surface area (Å²) in [6.45, 7) is 9.26. The van der Waals surface area contributed by atoms with Crippen molar-refractivity contribution >= 4 is 16.9 Å². The molecule has 0 N–H and O–H groups in total. The maximum absolute atomic E-state index is 5.42. The maximum Gasteiger partial charge on any atom is 0.131 e. The molecule has 0 amide bonds. The van der Waals surface area contributed by atoms with Gasteiger partial charge in [-0.25, -0.2) is 0 Å². The molecule has 0 fully saturated rings. The fourth-order valence-corrected chi connectivity index (χ4v) is 5.28. The van der Waals surface area contributed by atoms with Crippen LogP contribution in [0.25, 0.3) is 0 Å². The van der Waals surface area contributed by atoms with Crippen molar-refractivity contribution in [1.29, 1.82) is 0 Å². The molecule has 0 aromatic heterocycles. The molecule has 1 radical (unpaired) electrons. The average molecular weight is 169 g/mol. The molecule has 0 saturated heterocycles. The molecule has 0 aromatic carbocycles. The molecule has 0 aliphatic heterocycles. The Morgan fingerprint density at radius 2 is 1.90 bits per heavy atom. The van der Waals surface area contributed by atoms with Gasteiger partial charge in [0.25, 0.3) is 0 Å². The Balaban J connectivity index is 3.60. The second kappa shape index (κ2) is 4.00. The lowest BCUT2D eigenvalue weighted by atomic mass is 10.9. The highest BCUT2D eigenvalue weighted by molar-refractivity contribution is 6.85. The first-order valence-electron chi connectivity index (χ1n) is 3.75. The molecule has 0 rings (SSSR count). The lowest BCUT2D eigenvalue weighted by Gasteiger charge is -2.14. The lowest BCUT2D eigenvalue weighted by molar-refractivity contribution is 1.33. The third-order valence-electron chi connectivity index (χ3n) is 1.64. The molecule has 0 heterocycles. The average Bonchev–Trinajstić information content (AvgIpc) is 1.85. The molecule has 57 valence electrons. The second-order valence-corrected chi connectivity index (χ2v) is 11.2. The van der Waals surface area contributed by atoms with Crippen molar-refractivity contribution in [3.05, 3.63) is 0 Å². The summed E-state index contributed by atoms with van der Waals surface area (Å²) >= 11 is 0. The molecule has 0 aliphatic carbocycles. The Hall–Kier alpha value is -0.00623. The summed E-state index contributed by atoms with van der Waals surface area (Å²) in [5.41, 5.74) is 2.95. The highest BCUT2D eigenvalue weighted by atomic mass is 28.3. The molecule has 0 bridgehead atoms. The van der Waals surface area contributed by atoms with E-state index >= 15 is 0 Å². The molecule has 0 atom stereocenters. The van der Waals surface area contributed by atoms with Gasteiger partial charge in [-0.1, -0.05) is 32.2 Å². The minimum atomic E-state index is -1.19. The quantitative estimate of drug-likeness (QED) is 0.450. The molecule has 0 aromatic rings. The molecule has 0 nitrogen and oxygen atoms in total. The number of hydrogen-bond acceptors (Lipinski definition) is 0. The maximum atomic E-state index is 5.42. The summed E-state index contributed by atoms with van der Waals surface area (Å²) in [6, 6.07) is 2.72. The Morgan fingerprint density at radius 1 is 1.40 bits per heavy atom. The molecule has 10 heavy (non-hydrogen) atoms. The summed E-state index contributed by atoms with van der Waals surface area (Å²) < 4.78 is 0. The number of terminal acetylenes is 1. The lowest BCUT2D eigenvalue weighted by Crippen LogP contribution is -2.24. The highest BCUT2D eigenvalue weighted by Gasteiger charge is 2.17. The fraction of sp³-hybridized carbons (Fsp3) is 0.750. The van der Waals surface area contributed by atoms with Crippen LogP contribution in [0, 0.1) is 12.0 Å². The first kappa shape index (κ1) is 9.99. The molecule has 2 heteroatoms. The van der Waals surface area contributed by atoms with Crippen molar-refractivity contribution in [1.82, 2.24) is 0 Å². The van der Waals surface area contributed by atoms with Crippen LogP contribution >= 0.6 is 0 Å². The zero-order chi connectivity index (χ0) is 8.20. The van der Waals surface area contributed by atoms with Crippen molar-refractivity contribution < 1.29 is 0 Å². The standard InChI is InChI=1S/C8H17Si2/c1-6-10(4,5)8-7-9(2)3/h1H,7-8H2,2-5H3. The summed E-state index contributed by atoms with van der Waals surface area (Å²) in [4.78, 5) is 0. The third kappa shape index (κ3) is 4.83. The first-order chi connectivity index (χ1) is 4.48. The van der Waals surface area contributed by atoms with Crippen LogP contribution < -0.4 is 0 Å². The van der Waals surface area contributed by atoms with Gasteiger partial charge in [0, 0.05) is 8.80 Å². The van der Waals surface area contributed by atoms with Crippen LogP contribution in [-0.4, -0.2) is 16.9 Å². The van der Waals surface area contributed by atoms with E-state index in [1.54, 1.807) is 0 Å². The van der Waals surface area contributed by atoms with Gasteiger partial charge in [-0.05, 0) is 6.04 Å². The minimum Gasteiger partial charge on any atom is -0.135 e. The van der Waals surface area contributed by atoms with Crippen LogP contribution in [0.5, 0.6) is 0 Å². The first-order valence-corrected chi connectivity index (χ1v) is 9.66. The summed E-state index contributed by atoms with van der Waals surface area (Å²) in [5.74, 6) is 0. The zero-order valence-electron chi connectivity index (χ0n) is 7.49. The van der Waals surface area contributed by atoms with Gasteiger partial charge in [0.05, 0.1) is 0 Å². The third-order valence-corrected chi connectivity index (χ3v) is 5.67. The van der Waals surface area contributed by atoms with E-state index < -0.39 is 8.07 Å². The van der Waals surface area contributed by atoms with Crippen LogP contribution in [0.3, 0.4) is 0 Å². The Morgan fingerprint density at radius 3 is 2.20 bits per heavy atom. The molecule has 0 spiro atoms. The largest absolute Gasteiger partial charge is 0.135 e. The van der Waals surface area contributed by atoms with Crippen LogP contribution in [0.2, 0.25) is 38.3 Å². The number of hydrogen-bond donors (Lipinski definition) is 0. The second-order valence-electron chi connectivity index (χ2n) is 3.74. The summed E-state index contributed by atoms with van der Waals surface area (Å²) in [5, 5.41) is 0. The van der Waals surface area contributed by atoms with Gasteiger partial charge in [-0.2, -0.15) is 0 Å². The fourth-order valence-electron chi connectivity index (χ4n) is 0.635. The molecule has 0 unspecified atom stereocenters. The Bertz CT molecular complexity index is 131. The van der Waals surface area contributed by atoms with Crippen molar-refractivity contribution in [2.24, 2.45) is 0 Å². The van der Waals surface area contributed by atoms with Crippen LogP contribution in [0.1, 0.15) is 0 Å². The van der Waals surface area contributed by atoms with E-state index in [9.17, 15) is 0 Å². The number of rotatable bonds is 3. The van der Waals surface area contributed by atoms with Crippen molar-refractivity contribution in [3.63, 3.8) is 0 Å². The van der Waals surface area contributed by atoms with E-state index in [-0.39, 0.29) is 8.80 Å². The Labute approximate surface area is 67.7 Å². The van der Waals surface area contributed by atoms with Gasteiger partial charge in [-0.3, -0.25) is 0 Å². The predicted molar refractivity (Wildman–Crippen MR) is 53.4 cm³/mol. The van der Waals surface area contributed by atoms with E-state index in [4.69, 9.17) is 6.42 Å². The smallest absolute Gasteiger partial charge is 0.131 e. The van der Waals surface area contributed by atoms with Gasteiger partial charge in [0.15, 0.2) is 0 Å². The molecular weight excluding hydrogens is 152 g/mol. The van der Waals surface area contributed by atoms with Crippen LogP contribution in [-0.2, 0) is 0 Å². The zero-order valence-corrected chi connectivity index (χ0v) is 9.49. The molecule has 0 saturated carbocycles. The van der Waals surface area contributed by atoms with Crippen LogP contribution in [0.4, 0.5) is 0 Å².